The molecule has 0 radical (unpaired) electrons. The van der Waals surface area contributed by atoms with Crippen molar-refractivity contribution in [1.29, 1.82) is 0 Å². The van der Waals surface area contributed by atoms with E-state index in [4.69, 9.17) is 9.97 Å². The van der Waals surface area contributed by atoms with Crippen molar-refractivity contribution in [3.8, 4) is 56.3 Å². The minimum atomic E-state index is 0.698. The lowest BCUT2D eigenvalue weighted by molar-refractivity contribution is 1.18. The molecule has 9 aromatic carbocycles. The Hall–Kier alpha value is -8.08. The van der Waals surface area contributed by atoms with Crippen LogP contribution in [-0.2, 0) is 0 Å². The quantitative estimate of drug-likeness (QED) is 0.169. The van der Waals surface area contributed by atoms with Crippen molar-refractivity contribution in [3.63, 3.8) is 0 Å². The highest BCUT2D eigenvalue weighted by atomic mass is 15.0. The molecule has 280 valence electrons. The van der Waals surface area contributed by atoms with Crippen LogP contribution in [0.1, 0.15) is 0 Å². The molecule has 0 aliphatic carbocycles. The van der Waals surface area contributed by atoms with Crippen LogP contribution in [0, 0.1) is 0 Å². The molecule has 3 aromatic heterocycles. The third kappa shape index (κ3) is 5.53. The van der Waals surface area contributed by atoms with Gasteiger partial charge < -0.3 is 9.13 Å². The van der Waals surface area contributed by atoms with Crippen LogP contribution in [0.4, 0.5) is 0 Å². The topological polar surface area (TPSA) is 35.6 Å². The number of hydrogen-bond acceptors (Lipinski definition) is 2. The van der Waals surface area contributed by atoms with Gasteiger partial charge in [0.15, 0.2) is 5.82 Å². The summed E-state index contributed by atoms with van der Waals surface area (Å²) in [5.41, 5.74) is 15.5. The molecule has 0 aliphatic rings. The van der Waals surface area contributed by atoms with E-state index in [1.165, 1.54) is 49.2 Å². The zero-order valence-corrected chi connectivity index (χ0v) is 32.6. The van der Waals surface area contributed by atoms with E-state index in [2.05, 4.69) is 228 Å². The smallest absolute Gasteiger partial charge is 0.160 e. The average Bonchev–Trinajstić information content (AvgIpc) is 3.84. The van der Waals surface area contributed by atoms with Crippen LogP contribution in [0.3, 0.4) is 0 Å². The molecule has 0 bridgehead atoms. The van der Waals surface area contributed by atoms with E-state index in [1.807, 2.05) is 0 Å². The Kier molecular flexibility index (Phi) is 7.82. The molecular formula is C56H36N4. The van der Waals surface area contributed by atoms with Gasteiger partial charge >= 0.3 is 0 Å². The Morgan fingerprint density at radius 1 is 0.267 bits per heavy atom. The lowest BCUT2D eigenvalue weighted by Gasteiger charge is -2.13. The van der Waals surface area contributed by atoms with Crippen LogP contribution in [0.5, 0.6) is 0 Å². The number of para-hydroxylation sites is 4. The fraction of sp³-hybridized carbons (Fsp3) is 0. The van der Waals surface area contributed by atoms with Crippen molar-refractivity contribution in [2.24, 2.45) is 0 Å². The predicted molar refractivity (Wildman–Crippen MR) is 250 cm³/mol. The Labute approximate surface area is 346 Å². The molecule has 0 unspecified atom stereocenters. The van der Waals surface area contributed by atoms with E-state index >= 15 is 0 Å². The van der Waals surface area contributed by atoms with Crippen LogP contribution < -0.4 is 0 Å². The highest BCUT2D eigenvalue weighted by Crippen LogP contribution is 2.38. The first-order valence-corrected chi connectivity index (χ1v) is 20.4. The second-order valence-corrected chi connectivity index (χ2v) is 15.4. The summed E-state index contributed by atoms with van der Waals surface area (Å²) < 4.78 is 4.71. The Morgan fingerprint density at radius 3 is 1.33 bits per heavy atom. The maximum absolute atomic E-state index is 5.36. The molecule has 0 N–H and O–H groups in total. The summed E-state index contributed by atoms with van der Waals surface area (Å²) in [6, 6.07) is 77.9. The first-order valence-electron chi connectivity index (χ1n) is 20.4. The van der Waals surface area contributed by atoms with Gasteiger partial charge in [0, 0.05) is 49.4 Å². The highest BCUT2D eigenvalue weighted by Gasteiger charge is 2.17. The fourth-order valence-electron chi connectivity index (χ4n) is 9.08. The van der Waals surface area contributed by atoms with Gasteiger partial charge in [0.05, 0.1) is 33.3 Å². The Balaban J connectivity index is 0.957. The maximum Gasteiger partial charge on any atom is 0.160 e. The van der Waals surface area contributed by atoms with Crippen molar-refractivity contribution in [3.05, 3.63) is 218 Å². The minimum Gasteiger partial charge on any atom is -0.309 e. The number of benzene rings is 9. The molecule has 0 atom stereocenters. The van der Waals surface area contributed by atoms with Crippen molar-refractivity contribution in [2.75, 3.05) is 0 Å². The van der Waals surface area contributed by atoms with E-state index in [0.29, 0.717) is 5.82 Å². The largest absolute Gasteiger partial charge is 0.309 e. The van der Waals surface area contributed by atoms with E-state index in [9.17, 15) is 0 Å². The lowest BCUT2D eigenvalue weighted by atomic mass is 9.99. The number of rotatable bonds is 6. The molecule has 0 fully saturated rings. The van der Waals surface area contributed by atoms with E-state index < -0.39 is 0 Å². The number of hydrogen-bond donors (Lipinski definition) is 0. The maximum atomic E-state index is 5.36. The van der Waals surface area contributed by atoms with Gasteiger partial charge in [0.2, 0.25) is 0 Å². The van der Waals surface area contributed by atoms with Crippen LogP contribution >= 0.6 is 0 Å². The third-order valence-electron chi connectivity index (χ3n) is 11.9. The molecule has 3 heterocycles. The Morgan fingerprint density at radius 2 is 0.700 bits per heavy atom. The van der Waals surface area contributed by atoms with Gasteiger partial charge in [-0.15, -0.1) is 0 Å². The summed E-state index contributed by atoms with van der Waals surface area (Å²) in [6.45, 7) is 0. The van der Waals surface area contributed by atoms with Gasteiger partial charge in [-0.3, -0.25) is 0 Å². The number of aromatic nitrogens is 4. The molecule has 12 aromatic rings. The molecule has 0 saturated carbocycles. The molecule has 12 rings (SSSR count). The minimum absolute atomic E-state index is 0.698. The standard InChI is InChI=1S/C56H36N4/c1-3-13-37(14-4-1)41-29-33-50-49(36-41)55(39-27-31-44(32-28-39)60-51-20-10-7-17-45(51)46-18-8-11-21-52(46)60)58-56(57-50)40-25-23-38(24-26-40)42-30-34-54-48(35-42)47-19-9-12-22-53(47)59(54)43-15-5-2-6-16-43/h1-36H. The van der Waals surface area contributed by atoms with E-state index in [0.717, 1.165) is 55.8 Å². The molecule has 4 heteroatoms. The van der Waals surface area contributed by atoms with Crippen LogP contribution in [-0.4, -0.2) is 19.1 Å². The Bertz CT molecular complexity index is 3510. The van der Waals surface area contributed by atoms with Gasteiger partial charge in [-0.25, -0.2) is 9.97 Å². The lowest BCUT2D eigenvalue weighted by Crippen LogP contribution is -1.97. The second kappa shape index (κ2) is 13.8. The van der Waals surface area contributed by atoms with Crippen LogP contribution in [0.15, 0.2) is 218 Å². The van der Waals surface area contributed by atoms with E-state index in [1.54, 1.807) is 0 Å². The molecule has 0 spiro atoms. The first-order chi connectivity index (χ1) is 29.7. The number of nitrogens with zero attached hydrogens (tertiary/aromatic N) is 4. The van der Waals surface area contributed by atoms with Crippen molar-refractivity contribution in [2.45, 2.75) is 0 Å². The molecular weight excluding hydrogens is 729 g/mol. The van der Waals surface area contributed by atoms with Gasteiger partial charge in [0.1, 0.15) is 0 Å². The summed E-state index contributed by atoms with van der Waals surface area (Å²) in [4.78, 5) is 10.5. The van der Waals surface area contributed by atoms with Crippen molar-refractivity contribution < 1.29 is 0 Å². The van der Waals surface area contributed by atoms with Crippen LogP contribution in [0.2, 0.25) is 0 Å². The fourth-order valence-corrected chi connectivity index (χ4v) is 9.08. The van der Waals surface area contributed by atoms with Gasteiger partial charge in [-0.2, -0.15) is 0 Å². The highest BCUT2D eigenvalue weighted by molar-refractivity contribution is 6.11. The first kappa shape index (κ1) is 34.0. The summed E-state index contributed by atoms with van der Waals surface area (Å²) in [5.74, 6) is 0.698. The van der Waals surface area contributed by atoms with Crippen molar-refractivity contribution in [1.82, 2.24) is 19.1 Å². The molecule has 0 saturated heterocycles. The zero-order valence-electron chi connectivity index (χ0n) is 32.6. The SMILES string of the molecule is c1ccc(-c2ccc3nc(-c4ccc(-c5ccc6c(c5)c5ccccc5n6-c5ccccc5)cc4)nc(-c4ccc(-n5c6ccccc6c6ccccc65)cc4)c3c2)cc1. The molecule has 0 aliphatic heterocycles. The van der Waals surface area contributed by atoms with Gasteiger partial charge in [0.25, 0.3) is 0 Å². The normalized spacial score (nSPS) is 11.7. The van der Waals surface area contributed by atoms with Crippen LogP contribution in [0.25, 0.3) is 111 Å². The number of fused-ring (bicyclic) bond motifs is 7. The van der Waals surface area contributed by atoms with E-state index in [-0.39, 0.29) is 0 Å². The molecule has 0 amide bonds. The molecule has 60 heavy (non-hydrogen) atoms. The second-order valence-electron chi connectivity index (χ2n) is 15.4. The molecule has 4 nitrogen and oxygen atoms in total. The summed E-state index contributed by atoms with van der Waals surface area (Å²) in [7, 11) is 0. The third-order valence-corrected chi connectivity index (χ3v) is 11.9. The summed E-state index contributed by atoms with van der Waals surface area (Å²) in [5, 5.41) is 5.99. The van der Waals surface area contributed by atoms with Gasteiger partial charge in [-0.1, -0.05) is 152 Å². The van der Waals surface area contributed by atoms with Crippen molar-refractivity contribution >= 4 is 54.5 Å². The van der Waals surface area contributed by atoms with Gasteiger partial charge in [-0.05, 0) is 89.0 Å². The predicted octanol–water partition coefficient (Wildman–Crippen LogP) is 14.5. The zero-order chi connectivity index (χ0) is 39.6. The summed E-state index contributed by atoms with van der Waals surface area (Å²) >= 11 is 0. The average molecular weight is 765 g/mol. The summed E-state index contributed by atoms with van der Waals surface area (Å²) in [6.07, 6.45) is 0. The monoisotopic (exact) mass is 764 g/mol.